The van der Waals surface area contributed by atoms with Gasteiger partial charge >= 0.3 is 0 Å². The Morgan fingerprint density at radius 1 is 1.43 bits per heavy atom. The van der Waals surface area contributed by atoms with Crippen LogP contribution in [0.15, 0.2) is 22.0 Å². The lowest BCUT2D eigenvalue weighted by atomic mass is 10.8. The van der Waals surface area contributed by atoms with Crippen molar-refractivity contribution in [3.63, 3.8) is 0 Å². The predicted octanol–water partition coefficient (Wildman–Crippen LogP) is -0.101. The van der Waals surface area contributed by atoms with Gasteiger partial charge in [0.05, 0.1) is 0 Å². The summed E-state index contributed by atoms with van der Waals surface area (Å²) in [5, 5.41) is 0. The molecule has 1 aliphatic rings. The van der Waals surface area contributed by atoms with E-state index in [0.717, 1.165) is 0 Å². The molecule has 0 aromatic rings. The van der Waals surface area contributed by atoms with Crippen molar-refractivity contribution in [1.29, 1.82) is 0 Å². The van der Waals surface area contributed by atoms with Gasteiger partial charge in [0, 0.05) is 18.6 Å². The molecule has 1 rings (SSSR count). The van der Waals surface area contributed by atoms with E-state index in [9.17, 15) is 0 Å². The first kappa shape index (κ1) is 4.05. The first-order chi connectivity index (χ1) is 3.43. The molecule has 0 atom stereocenters. The van der Waals surface area contributed by atoms with Crippen LogP contribution in [0.25, 0.3) is 0 Å². The normalized spacial score (nSPS) is 15.7. The van der Waals surface area contributed by atoms with Gasteiger partial charge in [-0.05, 0) is 0 Å². The maximum atomic E-state index is 5.04. The summed E-state index contributed by atoms with van der Waals surface area (Å²) in [5.41, 5.74) is 5.04. The van der Waals surface area contributed by atoms with Crippen molar-refractivity contribution in [3.8, 4) is 0 Å². The fourth-order valence-electron chi connectivity index (χ4n) is 0.339. The Morgan fingerprint density at radius 2 is 2.00 bits per heavy atom. The molecular weight excluding hydrogens is 90.1 g/mol. The van der Waals surface area contributed by atoms with E-state index in [1.54, 1.807) is 12.4 Å². The highest BCUT2D eigenvalue weighted by molar-refractivity contribution is 6.18. The van der Waals surface area contributed by atoms with Crippen molar-refractivity contribution in [3.05, 3.63) is 12.0 Å². The summed E-state index contributed by atoms with van der Waals surface area (Å²) in [4.78, 5) is 7.49. The standard InChI is InChI=1S/C4H5N3/c5-3-4-6-1-2-7-4/h1-3H,5H2. The predicted molar refractivity (Wildman–Crippen MR) is 29.3 cm³/mol. The van der Waals surface area contributed by atoms with Crippen LogP contribution in [0.2, 0.25) is 0 Å². The number of aliphatic imine (C=N–C) groups is 2. The van der Waals surface area contributed by atoms with Gasteiger partial charge in [-0.2, -0.15) is 0 Å². The summed E-state index contributed by atoms with van der Waals surface area (Å²) in [6.45, 7) is 0. The highest BCUT2D eigenvalue weighted by Crippen LogP contribution is 1.96. The Kier molecular flexibility index (Phi) is 0.898. The molecule has 0 aromatic heterocycles. The van der Waals surface area contributed by atoms with Gasteiger partial charge in [-0.3, -0.25) is 0 Å². The third-order valence-electron chi connectivity index (χ3n) is 0.629. The topological polar surface area (TPSA) is 50.7 Å². The van der Waals surface area contributed by atoms with E-state index < -0.39 is 0 Å². The van der Waals surface area contributed by atoms with Crippen molar-refractivity contribution in [2.75, 3.05) is 0 Å². The minimum absolute atomic E-state index is 0.583. The zero-order valence-corrected chi connectivity index (χ0v) is 3.70. The van der Waals surface area contributed by atoms with E-state index >= 15 is 0 Å². The summed E-state index contributed by atoms with van der Waals surface area (Å²) in [6, 6.07) is 0. The van der Waals surface area contributed by atoms with Gasteiger partial charge in [0.15, 0.2) is 5.82 Å². The zero-order chi connectivity index (χ0) is 5.11. The molecule has 0 fully saturated rings. The van der Waals surface area contributed by atoms with Gasteiger partial charge in [0.1, 0.15) is 0 Å². The molecule has 0 spiro atoms. The molecule has 0 amide bonds. The van der Waals surface area contributed by atoms with E-state index in [1.807, 2.05) is 0 Å². The summed E-state index contributed by atoms with van der Waals surface area (Å²) < 4.78 is 0. The number of hydrogen-bond acceptors (Lipinski definition) is 3. The molecule has 0 unspecified atom stereocenters. The fourth-order valence-corrected chi connectivity index (χ4v) is 0.339. The average Bonchev–Trinajstić information content (AvgIpc) is 2.14. The zero-order valence-electron chi connectivity index (χ0n) is 3.70. The highest BCUT2D eigenvalue weighted by Gasteiger charge is 1.87. The van der Waals surface area contributed by atoms with Gasteiger partial charge in [-0.1, -0.05) is 0 Å². The van der Waals surface area contributed by atoms with Gasteiger partial charge < -0.3 is 5.73 Å². The van der Waals surface area contributed by atoms with E-state index in [-0.39, 0.29) is 0 Å². The lowest BCUT2D eigenvalue weighted by Gasteiger charge is -1.77. The molecule has 0 radical (unpaired) electrons. The van der Waals surface area contributed by atoms with Crippen molar-refractivity contribution >= 4 is 12.4 Å². The van der Waals surface area contributed by atoms with Gasteiger partial charge in [-0.25, -0.2) is 9.98 Å². The van der Waals surface area contributed by atoms with Crippen LogP contribution >= 0.6 is 0 Å². The quantitative estimate of drug-likeness (QED) is 0.448. The molecular formula is C4H5N3. The smallest absolute Gasteiger partial charge is 0.167 e. The Bertz CT molecular complexity index is 129. The van der Waals surface area contributed by atoms with Crippen molar-refractivity contribution < 1.29 is 0 Å². The Balaban J connectivity index is 2.79. The Hall–Kier alpha value is -1.12. The molecule has 1 aliphatic heterocycles. The van der Waals surface area contributed by atoms with Crippen LogP contribution in [0.4, 0.5) is 0 Å². The van der Waals surface area contributed by atoms with Crippen LogP contribution in [0, 0.1) is 0 Å². The highest BCUT2D eigenvalue weighted by atomic mass is 15.0. The summed E-state index contributed by atoms with van der Waals surface area (Å²) in [5.74, 6) is 0.583. The second-order valence-corrected chi connectivity index (χ2v) is 1.08. The van der Waals surface area contributed by atoms with Crippen molar-refractivity contribution in [2.45, 2.75) is 0 Å². The number of rotatable bonds is 0. The molecule has 0 bridgehead atoms. The third-order valence-corrected chi connectivity index (χ3v) is 0.629. The molecule has 3 heteroatoms. The van der Waals surface area contributed by atoms with Crippen LogP contribution < -0.4 is 5.73 Å². The van der Waals surface area contributed by atoms with E-state index in [2.05, 4.69) is 9.98 Å². The number of hydrogen-bond donors (Lipinski definition) is 1. The Labute approximate surface area is 41.3 Å². The van der Waals surface area contributed by atoms with Crippen LogP contribution in [0.1, 0.15) is 0 Å². The lowest BCUT2D eigenvalue weighted by Crippen LogP contribution is -1.78. The molecule has 36 valence electrons. The third kappa shape index (κ3) is 0.652. The maximum Gasteiger partial charge on any atom is 0.167 e. The summed E-state index contributed by atoms with van der Waals surface area (Å²) >= 11 is 0. The van der Waals surface area contributed by atoms with Crippen molar-refractivity contribution in [2.24, 2.45) is 15.7 Å². The van der Waals surface area contributed by atoms with Crippen LogP contribution in [0.3, 0.4) is 0 Å². The van der Waals surface area contributed by atoms with Gasteiger partial charge in [-0.15, -0.1) is 0 Å². The van der Waals surface area contributed by atoms with Crippen molar-refractivity contribution in [1.82, 2.24) is 0 Å². The molecule has 1 heterocycles. The first-order valence-corrected chi connectivity index (χ1v) is 1.92. The van der Waals surface area contributed by atoms with Gasteiger partial charge in [0.2, 0.25) is 0 Å². The minimum Gasteiger partial charge on any atom is -0.402 e. The molecule has 7 heavy (non-hydrogen) atoms. The molecule has 0 saturated carbocycles. The van der Waals surface area contributed by atoms with Crippen LogP contribution in [-0.4, -0.2) is 12.4 Å². The maximum absolute atomic E-state index is 5.04. The fraction of sp³-hybridized carbons (Fsp3) is 0. The van der Waals surface area contributed by atoms with Gasteiger partial charge in [0.25, 0.3) is 0 Å². The second kappa shape index (κ2) is 1.55. The Morgan fingerprint density at radius 3 is 2.29 bits per heavy atom. The second-order valence-electron chi connectivity index (χ2n) is 1.08. The van der Waals surface area contributed by atoms with E-state index in [1.165, 1.54) is 6.20 Å². The summed E-state index contributed by atoms with van der Waals surface area (Å²) in [7, 11) is 0. The molecule has 2 N–H and O–H groups in total. The molecule has 3 nitrogen and oxygen atoms in total. The number of nitrogens with zero attached hydrogens (tertiary/aromatic N) is 2. The monoisotopic (exact) mass is 95.0 g/mol. The summed E-state index contributed by atoms with van der Waals surface area (Å²) in [6.07, 6.45) is 4.55. The first-order valence-electron chi connectivity index (χ1n) is 1.92. The van der Waals surface area contributed by atoms with Crippen LogP contribution in [0.5, 0.6) is 0 Å². The molecule has 0 saturated heterocycles. The molecule has 0 aromatic carbocycles. The van der Waals surface area contributed by atoms with Crippen LogP contribution in [-0.2, 0) is 0 Å². The van der Waals surface area contributed by atoms with E-state index in [0.29, 0.717) is 5.82 Å². The largest absolute Gasteiger partial charge is 0.402 e. The SMILES string of the molecule is NC=C1N=CC=N1. The number of nitrogens with two attached hydrogens (primary N) is 1. The lowest BCUT2D eigenvalue weighted by molar-refractivity contribution is 1.25. The molecule has 0 aliphatic carbocycles. The van der Waals surface area contributed by atoms with E-state index in [4.69, 9.17) is 5.73 Å². The minimum atomic E-state index is 0.583. The average molecular weight is 95.1 g/mol.